The van der Waals surface area contributed by atoms with E-state index in [-0.39, 0.29) is 0 Å². The second-order valence-electron chi connectivity index (χ2n) is 7.32. The van der Waals surface area contributed by atoms with Crippen molar-refractivity contribution >= 4 is 11.8 Å². The molecule has 0 aliphatic carbocycles. The maximum Gasteiger partial charge on any atom is 0.225 e. The highest BCUT2D eigenvalue weighted by Gasteiger charge is 2.11. The minimum Gasteiger partial charge on any atom is -0.379 e. The van der Waals surface area contributed by atoms with Crippen LogP contribution < -0.4 is 10.6 Å². The van der Waals surface area contributed by atoms with E-state index in [0.29, 0.717) is 11.9 Å². The van der Waals surface area contributed by atoms with E-state index in [2.05, 4.69) is 46.5 Å². The van der Waals surface area contributed by atoms with Gasteiger partial charge in [0.05, 0.1) is 18.9 Å². The van der Waals surface area contributed by atoms with Crippen LogP contribution in [0.5, 0.6) is 0 Å². The van der Waals surface area contributed by atoms with Crippen LogP contribution in [-0.4, -0.2) is 60.8 Å². The van der Waals surface area contributed by atoms with E-state index in [9.17, 15) is 0 Å². The molecule has 2 heterocycles. The number of morpholine rings is 1. The molecule has 3 rings (SSSR count). The zero-order chi connectivity index (χ0) is 18.9. The molecule has 2 N–H and O–H groups in total. The highest BCUT2D eigenvalue weighted by molar-refractivity contribution is 5.64. The summed E-state index contributed by atoms with van der Waals surface area (Å²) in [6.45, 7) is 10.8. The van der Waals surface area contributed by atoms with Crippen LogP contribution >= 0.6 is 0 Å². The lowest BCUT2D eigenvalue weighted by molar-refractivity contribution is 0.0398. The van der Waals surface area contributed by atoms with Crippen LogP contribution in [0.3, 0.4) is 0 Å². The maximum absolute atomic E-state index is 5.41. The molecule has 1 aliphatic heterocycles. The van der Waals surface area contributed by atoms with Gasteiger partial charge in [0.2, 0.25) is 5.95 Å². The predicted molar refractivity (Wildman–Crippen MR) is 111 cm³/mol. The molecule has 0 bridgehead atoms. The Labute approximate surface area is 162 Å². The number of nitrogens with one attached hydrogen (secondary N) is 2. The van der Waals surface area contributed by atoms with Gasteiger partial charge in [-0.15, -0.1) is 0 Å². The lowest BCUT2D eigenvalue weighted by atomic mass is 10.1. The number of hydrogen-bond donors (Lipinski definition) is 2. The number of hydrogen-bond acceptors (Lipinski definition) is 6. The van der Waals surface area contributed by atoms with Crippen LogP contribution in [0, 0.1) is 5.92 Å². The third-order valence-electron chi connectivity index (χ3n) is 4.64. The van der Waals surface area contributed by atoms with Gasteiger partial charge in [-0.3, -0.25) is 4.90 Å². The zero-order valence-corrected chi connectivity index (χ0v) is 16.4. The molecule has 1 aliphatic rings. The highest BCUT2D eigenvalue weighted by atomic mass is 16.5. The fourth-order valence-corrected chi connectivity index (χ4v) is 3.01. The van der Waals surface area contributed by atoms with Crippen LogP contribution in [0.15, 0.2) is 36.4 Å². The third-order valence-corrected chi connectivity index (χ3v) is 4.64. The number of nitrogens with zero attached hydrogens (tertiary/aromatic N) is 3. The molecule has 0 radical (unpaired) electrons. The van der Waals surface area contributed by atoms with Gasteiger partial charge >= 0.3 is 0 Å². The first-order valence-corrected chi connectivity index (χ1v) is 9.93. The van der Waals surface area contributed by atoms with Gasteiger partial charge in [-0.05, 0) is 12.3 Å². The quantitative estimate of drug-likeness (QED) is 0.707. The summed E-state index contributed by atoms with van der Waals surface area (Å²) >= 11 is 0. The summed E-state index contributed by atoms with van der Waals surface area (Å²) in [5, 5.41) is 6.85. The van der Waals surface area contributed by atoms with Crippen molar-refractivity contribution in [3.63, 3.8) is 0 Å². The molecule has 1 aromatic heterocycles. The Morgan fingerprint density at radius 1 is 1.04 bits per heavy atom. The van der Waals surface area contributed by atoms with E-state index < -0.39 is 0 Å². The van der Waals surface area contributed by atoms with E-state index in [4.69, 9.17) is 9.72 Å². The smallest absolute Gasteiger partial charge is 0.225 e. The van der Waals surface area contributed by atoms with Crippen LogP contribution in [0.1, 0.15) is 20.3 Å². The maximum atomic E-state index is 5.41. The molecular weight excluding hydrogens is 338 g/mol. The molecule has 1 fully saturated rings. The molecule has 27 heavy (non-hydrogen) atoms. The minimum absolute atomic E-state index is 0.654. The van der Waals surface area contributed by atoms with E-state index in [1.807, 2.05) is 24.3 Å². The van der Waals surface area contributed by atoms with Crippen molar-refractivity contribution in [1.29, 1.82) is 0 Å². The molecule has 2 aromatic rings. The van der Waals surface area contributed by atoms with Crippen LogP contribution in [-0.2, 0) is 4.74 Å². The van der Waals surface area contributed by atoms with E-state index in [1.165, 1.54) is 0 Å². The first-order valence-electron chi connectivity index (χ1n) is 9.93. The molecule has 1 saturated heterocycles. The first kappa shape index (κ1) is 19.6. The summed E-state index contributed by atoms with van der Waals surface area (Å²) in [7, 11) is 0. The lowest BCUT2D eigenvalue weighted by Crippen LogP contribution is -2.39. The van der Waals surface area contributed by atoms with Gasteiger partial charge in [-0.25, -0.2) is 4.98 Å². The van der Waals surface area contributed by atoms with Crippen molar-refractivity contribution in [1.82, 2.24) is 14.9 Å². The summed E-state index contributed by atoms with van der Waals surface area (Å²) in [4.78, 5) is 11.8. The monoisotopic (exact) mass is 369 g/mol. The Morgan fingerprint density at radius 3 is 2.56 bits per heavy atom. The topological polar surface area (TPSA) is 62.3 Å². The molecule has 1 aromatic carbocycles. The summed E-state index contributed by atoms with van der Waals surface area (Å²) in [6.07, 6.45) is 1.10. The summed E-state index contributed by atoms with van der Waals surface area (Å²) in [6, 6.07) is 12.3. The molecule has 0 amide bonds. The van der Waals surface area contributed by atoms with Crippen LogP contribution in [0.2, 0.25) is 0 Å². The Kier molecular flexibility index (Phi) is 7.42. The Hall–Kier alpha value is -2.18. The summed E-state index contributed by atoms with van der Waals surface area (Å²) in [5.74, 6) is 2.20. The van der Waals surface area contributed by atoms with Gasteiger partial charge in [0.25, 0.3) is 0 Å². The fourth-order valence-electron chi connectivity index (χ4n) is 3.01. The molecule has 0 spiro atoms. The number of anilines is 2. The SMILES string of the molecule is CC(C)CCNc1nc(NCCN2CCOCC2)cc(-c2ccccc2)n1. The average molecular weight is 370 g/mol. The van der Waals surface area contributed by atoms with Gasteiger partial charge in [0.1, 0.15) is 5.82 Å². The number of aromatic nitrogens is 2. The second kappa shape index (κ2) is 10.2. The number of benzene rings is 1. The minimum atomic E-state index is 0.654. The molecule has 146 valence electrons. The molecule has 0 saturated carbocycles. The fraction of sp³-hybridized carbons (Fsp3) is 0.524. The van der Waals surface area contributed by atoms with Crippen LogP contribution in [0.25, 0.3) is 11.3 Å². The van der Waals surface area contributed by atoms with Gasteiger partial charge in [0, 0.05) is 44.4 Å². The Bertz CT molecular complexity index is 686. The van der Waals surface area contributed by atoms with Crippen molar-refractivity contribution in [3.8, 4) is 11.3 Å². The molecular formula is C21H31N5O. The van der Waals surface area contributed by atoms with Crippen molar-refractivity contribution in [3.05, 3.63) is 36.4 Å². The standard InChI is InChI=1S/C21H31N5O/c1-17(2)8-9-23-21-24-19(18-6-4-3-5-7-18)16-20(25-21)22-10-11-26-12-14-27-15-13-26/h3-7,16-17H,8-15H2,1-2H3,(H2,22,23,24,25). The highest BCUT2D eigenvalue weighted by Crippen LogP contribution is 2.21. The molecule has 6 heteroatoms. The summed E-state index contributed by atoms with van der Waals surface area (Å²) < 4.78 is 5.41. The zero-order valence-electron chi connectivity index (χ0n) is 16.4. The van der Waals surface area contributed by atoms with Crippen molar-refractivity contribution < 1.29 is 4.74 Å². The molecule has 6 nitrogen and oxygen atoms in total. The normalized spacial score (nSPS) is 15.1. The Balaban J connectivity index is 1.66. The van der Waals surface area contributed by atoms with E-state index in [0.717, 1.165) is 69.4 Å². The van der Waals surface area contributed by atoms with Gasteiger partial charge in [-0.2, -0.15) is 4.98 Å². The number of ether oxygens (including phenoxy) is 1. The van der Waals surface area contributed by atoms with Crippen molar-refractivity contribution in [2.45, 2.75) is 20.3 Å². The molecule has 0 atom stereocenters. The van der Waals surface area contributed by atoms with Crippen molar-refractivity contribution in [2.75, 3.05) is 56.6 Å². The van der Waals surface area contributed by atoms with Crippen LogP contribution in [0.4, 0.5) is 11.8 Å². The van der Waals surface area contributed by atoms with Gasteiger partial charge in [0.15, 0.2) is 0 Å². The van der Waals surface area contributed by atoms with E-state index in [1.54, 1.807) is 0 Å². The van der Waals surface area contributed by atoms with E-state index >= 15 is 0 Å². The second-order valence-corrected chi connectivity index (χ2v) is 7.32. The number of rotatable bonds is 9. The van der Waals surface area contributed by atoms with Gasteiger partial charge in [-0.1, -0.05) is 44.2 Å². The Morgan fingerprint density at radius 2 is 1.81 bits per heavy atom. The largest absolute Gasteiger partial charge is 0.379 e. The average Bonchev–Trinajstić information content (AvgIpc) is 2.69. The predicted octanol–water partition coefficient (Wildman–Crippen LogP) is 3.35. The van der Waals surface area contributed by atoms with Crippen molar-refractivity contribution in [2.24, 2.45) is 5.92 Å². The third kappa shape index (κ3) is 6.48. The molecule has 0 unspecified atom stereocenters. The first-order chi connectivity index (χ1) is 13.2. The summed E-state index contributed by atoms with van der Waals surface area (Å²) in [5.41, 5.74) is 2.04. The van der Waals surface area contributed by atoms with Gasteiger partial charge < -0.3 is 15.4 Å². The lowest BCUT2D eigenvalue weighted by Gasteiger charge is -2.26.